The number of rotatable bonds is 6. The monoisotopic (exact) mass is 493 g/mol. The number of nitrogens with one attached hydrogen (secondary N) is 2. The van der Waals surface area contributed by atoms with Crippen LogP contribution in [-0.4, -0.2) is 22.6 Å². The van der Waals surface area contributed by atoms with Crippen LogP contribution in [0.5, 0.6) is 5.75 Å². The molecule has 0 bridgehead atoms. The highest BCUT2D eigenvalue weighted by Crippen LogP contribution is 2.26. The summed E-state index contributed by atoms with van der Waals surface area (Å²) in [6.45, 7) is 6.43. The van der Waals surface area contributed by atoms with Crippen LogP contribution in [-0.2, 0) is 6.42 Å². The van der Waals surface area contributed by atoms with E-state index in [4.69, 9.17) is 33.0 Å². The van der Waals surface area contributed by atoms with E-state index in [1.54, 1.807) is 18.2 Å². The number of aryl methyl sites for hydroxylation is 2. The molecule has 0 saturated heterocycles. The second-order valence-electron chi connectivity index (χ2n) is 7.90. The van der Waals surface area contributed by atoms with E-state index in [1.807, 2.05) is 51.1 Å². The van der Waals surface area contributed by atoms with Gasteiger partial charge in [-0.05, 0) is 86.1 Å². The average Bonchev–Trinajstić information content (AvgIpc) is 3.19. The predicted molar refractivity (Wildman–Crippen MR) is 139 cm³/mol. The van der Waals surface area contributed by atoms with Gasteiger partial charge in [-0.1, -0.05) is 29.8 Å². The van der Waals surface area contributed by atoms with Crippen LogP contribution in [0.4, 0.5) is 5.69 Å². The summed E-state index contributed by atoms with van der Waals surface area (Å²) in [6.07, 6.45) is 0.577. The zero-order chi connectivity index (χ0) is 24.2. The Bertz CT molecular complexity index is 1370. The lowest BCUT2D eigenvalue weighted by atomic mass is 10.1. The van der Waals surface area contributed by atoms with Crippen molar-refractivity contribution in [1.82, 2.24) is 10.3 Å². The van der Waals surface area contributed by atoms with Gasteiger partial charge in [-0.2, -0.15) is 0 Å². The Morgan fingerprint density at radius 1 is 1.12 bits per heavy atom. The molecule has 0 saturated carbocycles. The minimum absolute atomic E-state index is 0.188. The normalized spacial score (nSPS) is 10.8. The van der Waals surface area contributed by atoms with Crippen LogP contribution in [0, 0.1) is 13.8 Å². The molecule has 0 atom stereocenters. The summed E-state index contributed by atoms with van der Waals surface area (Å²) in [4.78, 5) is 17.1. The summed E-state index contributed by atoms with van der Waals surface area (Å²) in [5.74, 6) is 0.839. The molecule has 0 aliphatic heterocycles. The number of nitrogens with zero attached hydrogens (tertiary/aromatic N) is 1. The molecule has 0 aliphatic carbocycles. The lowest BCUT2D eigenvalue weighted by molar-refractivity contribution is 0.0977. The van der Waals surface area contributed by atoms with E-state index >= 15 is 0 Å². The number of hydrogen-bond donors (Lipinski definition) is 2. The highest BCUT2D eigenvalue weighted by molar-refractivity contribution is 7.80. The summed E-state index contributed by atoms with van der Waals surface area (Å²) in [5, 5.41) is 6.23. The van der Waals surface area contributed by atoms with Crippen LogP contribution in [0.2, 0.25) is 5.02 Å². The summed E-state index contributed by atoms with van der Waals surface area (Å²) >= 11 is 11.4. The quantitative estimate of drug-likeness (QED) is 0.311. The van der Waals surface area contributed by atoms with Crippen LogP contribution < -0.4 is 15.4 Å². The number of aromatic nitrogens is 1. The van der Waals surface area contributed by atoms with E-state index < -0.39 is 0 Å². The molecule has 1 heterocycles. The fraction of sp³-hybridized carbons (Fsp3) is 0.192. The standard InChI is InChI=1S/C26H24ClN3O3S/c1-4-32-22-10-7-18(14-20(22)27)25(31)30-26(34)28-19-8-5-17(6-9-19)13-23-29-21-12-15(2)11-16(3)24(21)33-23/h5-12,14H,4,13H2,1-3H3,(H2,28,30,31,34). The van der Waals surface area contributed by atoms with Gasteiger partial charge in [0, 0.05) is 17.7 Å². The van der Waals surface area contributed by atoms with E-state index in [1.165, 1.54) is 0 Å². The molecule has 0 unspecified atom stereocenters. The topological polar surface area (TPSA) is 76.4 Å². The zero-order valence-electron chi connectivity index (χ0n) is 19.1. The number of amides is 1. The van der Waals surface area contributed by atoms with Gasteiger partial charge in [-0.25, -0.2) is 4.98 Å². The Balaban J connectivity index is 1.36. The van der Waals surface area contributed by atoms with Gasteiger partial charge in [0.2, 0.25) is 0 Å². The largest absolute Gasteiger partial charge is 0.492 e. The number of carbonyl (C=O) groups is 1. The van der Waals surface area contributed by atoms with Crippen LogP contribution in [0.3, 0.4) is 0 Å². The molecular formula is C26H24ClN3O3S. The third-order valence-corrected chi connectivity index (χ3v) is 5.65. The molecule has 2 N–H and O–H groups in total. The lowest BCUT2D eigenvalue weighted by Crippen LogP contribution is -2.34. The fourth-order valence-corrected chi connectivity index (χ4v) is 4.08. The molecule has 0 spiro atoms. The second kappa shape index (κ2) is 10.2. The fourth-order valence-electron chi connectivity index (χ4n) is 3.63. The molecule has 1 aromatic heterocycles. The molecule has 1 amide bonds. The Hall–Kier alpha value is -3.42. The Kier molecular flexibility index (Phi) is 7.14. The number of carbonyl (C=O) groups excluding carboxylic acids is 1. The number of oxazole rings is 1. The summed E-state index contributed by atoms with van der Waals surface area (Å²) in [6, 6.07) is 16.7. The number of benzene rings is 3. The van der Waals surface area contributed by atoms with Crippen molar-refractivity contribution in [3.8, 4) is 5.75 Å². The molecule has 0 radical (unpaired) electrons. The van der Waals surface area contributed by atoms with E-state index in [-0.39, 0.29) is 11.0 Å². The molecule has 3 aromatic carbocycles. The van der Waals surface area contributed by atoms with Crippen molar-refractivity contribution in [3.63, 3.8) is 0 Å². The molecule has 4 rings (SSSR count). The van der Waals surface area contributed by atoms with Crippen molar-refractivity contribution in [3.05, 3.63) is 87.8 Å². The molecule has 6 nitrogen and oxygen atoms in total. The average molecular weight is 494 g/mol. The van der Waals surface area contributed by atoms with Gasteiger partial charge in [-0.3, -0.25) is 10.1 Å². The Morgan fingerprint density at radius 3 is 2.59 bits per heavy atom. The molecule has 0 aliphatic rings. The highest BCUT2D eigenvalue weighted by atomic mass is 35.5. The van der Waals surface area contributed by atoms with Crippen molar-refractivity contribution in [2.75, 3.05) is 11.9 Å². The lowest BCUT2D eigenvalue weighted by Gasteiger charge is -2.11. The highest BCUT2D eigenvalue weighted by Gasteiger charge is 2.12. The number of fused-ring (bicyclic) bond motifs is 1. The van der Waals surface area contributed by atoms with Gasteiger partial charge in [0.25, 0.3) is 5.91 Å². The Labute approximate surface area is 208 Å². The summed E-state index contributed by atoms with van der Waals surface area (Å²) < 4.78 is 11.3. The third kappa shape index (κ3) is 5.55. The molecule has 4 aromatic rings. The molecule has 8 heteroatoms. The van der Waals surface area contributed by atoms with Crippen LogP contribution >= 0.6 is 23.8 Å². The van der Waals surface area contributed by atoms with Crippen molar-refractivity contribution in [1.29, 1.82) is 0 Å². The maximum atomic E-state index is 12.5. The summed E-state index contributed by atoms with van der Waals surface area (Å²) in [7, 11) is 0. The summed E-state index contributed by atoms with van der Waals surface area (Å²) in [5.41, 5.74) is 6.13. The van der Waals surface area contributed by atoms with Crippen LogP contribution in [0.1, 0.15) is 39.9 Å². The van der Waals surface area contributed by atoms with Gasteiger partial charge in [0.1, 0.15) is 11.3 Å². The second-order valence-corrected chi connectivity index (χ2v) is 8.71. The molecule has 34 heavy (non-hydrogen) atoms. The molecule has 174 valence electrons. The van der Waals surface area contributed by atoms with Gasteiger partial charge in [0.15, 0.2) is 16.6 Å². The van der Waals surface area contributed by atoms with Crippen molar-refractivity contribution in [2.24, 2.45) is 0 Å². The molecule has 0 fully saturated rings. The first-order chi connectivity index (χ1) is 16.3. The zero-order valence-corrected chi connectivity index (χ0v) is 20.6. The van der Waals surface area contributed by atoms with Crippen LogP contribution in [0.25, 0.3) is 11.1 Å². The van der Waals surface area contributed by atoms with Gasteiger partial charge >= 0.3 is 0 Å². The number of halogens is 1. The predicted octanol–water partition coefficient (Wildman–Crippen LogP) is 6.21. The van der Waals surface area contributed by atoms with Crippen molar-refractivity contribution < 1.29 is 13.9 Å². The number of anilines is 1. The smallest absolute Gasteiger partial charge is 0.257 e. The maximum absolute atomic E-state index is 12.5. The van der Waals surface area contributed by atoms with Gasteiger partial charge in [-0.15, -0.1) is 0 Å². The van der Waals surface area contributed by atoms with Crippen molar-refractivity contribution >= 4 is 51.6 Å². The van der Waals surface area contributed by atoms with E-state index in [0.29, 0.717) is 35.3 Å². The van der Waals surface area contributed by atoms with E-state index in [0.717, 1.165) is 33.5 Å². The number of thiocarbonyl (C=S) groups is 1. The first-order valence-electron chi connectivity index (χ1n) is 10.8. The SMILES string of the molecule is CCOc1ccc(C(=O)NC(=S)Nc2ccc(Cc3nc4cc(C)cc(C)c4o3)cc2)cc1Cl. The number of ether oxygens (including phenoxy) is 1. The minimum atomic E-state index is -0.361. The Morgan fingerprint density at radius 2 is 1.88 bits per heavy atom. The van der Waals surface area contributed by atoms with Gasteiger partial charge < -0.3 is 14.5 Å². The van der Waals surface area contributed by atoms with Crippen molar-refractivity contribution in [2.45, 2.75) is 27.2 Å². The molecular weight excluding hydrogens is 470 g/mol. The van der Waals surface area contributed by atoms with E-state index in [2.05, 4.69) is 21.7 Å². The minimum Gasteiger partial charge on any atom is -0.492 e. The third-order valence-electron chi connectivity index (χ3n) is 5.15. The first-order valence-corrected chi connectivity index (χ1v) is 11.6. The maximum Gasteiger partial charge on any atom is 0.257 e. The van der Waals surface area contributed by atoms with Crippen LogP contribution in [0.15, 0.2) is 59.0 Å². The number of hydrogen-bond acceptors (Lipinski definition) is 5. The van der Waals surface area contributed by atoms with Gasteiger partial charge in [0.05, 0.1) is 11.6 Å². The van der Waals surface area contributed by atoms with E-state index in [9.17, 15) is 4.79 Å². The first kappa shape index (κ1) is 23.7.